The fourth-order valence-corrected chi connectivity index (χ4v) is 16.2. The van der Waals surface area contributed by atoms with E-state index in [4.69, 9.17) is 37.9 Å². The van der Waals surface area contributed by atoms with E-state index in [9.17, 15) is 75.7 Å². The van der Waals surface area contributed by atoms with E-state index < -0.39 is 193 Å². The highest BCUT2D eigenvalue weighted by molar-refractivity contribution is 5.89. The maximum Gasteiger partial charge on any atom is 0.335 e. The van der Waals surface area contributed by atoms with Crippen molar-refractivity contribution in [3.63, 3.8) is 0 Å². The number of allylic oxidation sites excluding steroid dienone is 3. The number of carbonyl (C=O) groups excluding carboxylic acids is 2. The quantitative estimate of drug-likeness (QED) is 0.0480. The van der Waals surface area contributed by atoms with Gasteiger partial charge in [-0.05, 0) is 100 Å². The second-order valence-electron chi connectivity index (χ2n) is 26.0. The van der Waals surface area contributed by atoms with Crippen LogP contribution < -0.4 is 0 Å². The van der Waals surface area contributed by atoms with E-state index in [0.717, 1.165) is 5.57 Å². The zero-order valence-corrected chi connectivity index (χ0v) is 47.7. The van der Waals surface area contributed by atoms with Crippen molar-refractivity contribution in [2.24, 2.45) is 50.2 Å². The Kier molecular flexibility index (Phi) is 17.9. The summed E-state index contributed by atoms with van der Waals surface area (Å²) in [4.78, 5) is 40.3. The normalized spacial score (nSPS) is 49.0. The van der Waals surface area contributed by atoms with Gasteiger partial charge in [-0.1, -0.05) is 72.3 Å². The Hall–Kier alpha value is -3.05. The molecule has 0 amide bonds. The largest absolute Gasteiger partial charge is 0.479 e. The summed E-state index contributed by atoms with van der Waals surface area (Å²) in [5.41, 5.74) is -4.40. The number of carboxylic acids is 1. The van der Waals surface area contributed by atoms with Crippen molar-refractivity contribution in [3.05, 3.63) is 34.9 Å². The van der Waals surface area contributed by atoms with Crippen LogP contribution in [0.15, 0.2) is 34.9 Å². The van der Waals surface area contributed by atoms with Crippen LogP contribution in [-0.2, 0) is 52.3 Å². The van der Waals surface area contributed by atoms with Crippen molar-refractivity contribution in [1.82, 2.24) is 0 Å². The lowest BCUT2D eigenvalue weighted by Crippen LogP contribution is -2.76. The molecule has 5 aliphatic carbocycles. The summed E-state index contributed by atoms with van der Waals surface area (Å²) >= 11 is 0. The average molecular weight is 1140 g/mol. The number of fused-ring (bicyclic) bond motifs is 7. The molecule has 0 aromatic heterocycles. The van der Waals surface area contributed by atoms with Gasteiger partial charge >= 0.3 is 17.9 Å². The van der Waals surface area contributed by atoms with Crippen LogP contribution in [0.5, 0.6) is 0 Å². The van der Waals surface area contributed by atoms with Crippen molar-refractivity contribution in [2.45, 2.75) is 231 Å². The first-order chi connectivity index (χ1) is 37.3. The minimum Gasteiger partial charge on any atom is -0.479 e. The third kappa shape index (κ3) is 9.76. The molecular weight excluding hydrogens is 1050 g/mol. The predicted molar refractivity (Wildman–Crippen MR) is 277 cm³/mol. The van der Waals surface area contributed by atoms with Crippen molar-refractivity contribution in [3.8, 4) is 0 Å². The maximum atomic E-state index is 13.9. The topological polar surface area (TPSA) is 368 Å². The molecule has 0 bridgehead atoms. The minimum absolute atomic E-state index is 0.153. The van der Waals surface area contributed by atoms with Gasteiger partial charge in [0.2, 0.25) is 0 Å². The molecule has 3 aliphatic heterocycles. The number of carbonyl (C=O) groups is 3. The third-order valence-corrected chi connectivity index (χ3v) is 21.4. The molecule has 0 spiro atoms. The number of rotatable bonds is 14. The van der Waals surface area contributed by atoms with Crippen LogP contribution in [-0.4, -0.2) is 216 Å². The summed E-state index contributed by atoms with van der Waals surface area (Å²) in [6.45, 7) is 18.4. The summed E-state index contributed by atoms with van der Waals surface area (Å²) < 4.78 is 49.0. The molecule has 0 aromatic rings. The molecule has 8 rings (SSSR count). The first-order valence-electron chi connectivity index (χ1n) is 28.1. The molecule has 3 saturated heterocycles. The summed E-state index contributed by atoms with van der Waals surface area (Å²) in [7, 11) is 0. The number of esters is 2. The number of aliphatic hydroxyl groups is 11. The minimum atomic E-state index is -2.13. The van der Waals surface area contributed by atoms with E-state index in [0.29, 0.717) is 37.7 Å². The maximum absolute atomic E-state index is 13.9. The second-order valence-corrected chi connectivity index (χ2v) is 26.0. The lowest BCUT2D eigenvalue weighted by atomic mass is 9.32. The zero-order chi connectivity index (χ0) is 59.3. The Bertz CT molecular complexity index is 2390. The lowest BCUT2D eigenvalue weighted by Gasteiger charge is -2.73. The Morgan fingerprint density at radius 1 is 0.637 bits per heavy atom. The number of aliphatic hydroxyl groups excluding tert-OH is 11. The SMILES string of the molecule is C/C=C(/C)C(=O)O[C@H]1[C@H](OC(=O)/C(C)=C\C)[C@@]2(CO)C(CC1(C)C)C1=CCC3[C@@]4(C)CC[C@H](O[C@@H]5OC(C(=O)O)[C@H](O)[C@H](O[C@@H]6O[C@H](CO)[C@H](O)C6O)C5O[C@@H]5OC(CO)[C@H](O)[C@H](O)C5O)C(C)(C)C4CC[C@@]3(C)[C@@]1(C)[C@@H](O)[C@H]2O. The molecule has 0 aromatic carbocycles. The molecular formula is C57H88O23. The molecule has 4 saturated carbocycles. The predicted octanol–water partition coefficient (Wildman–Crippen LogP) is 0.263. The molecule has 12 N–H and O–H groups in total. The van der Waals surface area contributed by atoms with Gasteiger partial charge in [0.1, 0.15) is 67.1 Å². The van der Waals surface area contributed by atoms with Gasteiger partial charge in [-0.2, -0.15) is 0 Å². The van der Waals surface area contributed by atoms with Crippen LogP contribution in [0.1, 0.15) is 115 Å². The van der Waals surface area contributed by atoms with Crippen LogP contribution in [0.2, 0.25) is 0 Å². The van der Waals surface area contributed by atoms with E-state index in [1.54, 1.807) is 39.8 Å². The van der Waals surface area contributed by atoms with Crippen molar-refractivity contribution in [1.29, 1.82) is 0 Å². The highest BCUT2D eigenvalue weighted by Crippen LogP contribution is 2.76. The van der Waals surface area contributed by atoms with E-state index in [-0.39, 0.29) is 23.8 Å². The van der Waals surface area contributed by atoms with Crippen LogP contribution in [0.4, 0.5) is 0 Å². The van der Waals surface area contributed by atoms with Gasteiger partial charge in [0.15, 0.2) is 31.1 Å². The van der Waals surface area contributed by atoms with Gasteiger partial charge in [0.25, 0.3) is 0 Å². The van der Waals surface area contributed by atoms with E-state index in [2.05, 4.69) is 19.9 Å². The smallest absolute Gasteiger partial charge is 0.335 e. The zero-order valence-electron chi connectivity index (χ0n) is 47.7. The molecule has 80 heavy (non-hydrogen) atoms. The van der Waals surface area contributed by atoms with E-state index in [1.165, 1.54) is 0 Å². The van der Waals surface area contributed by atoms with Crippen molar-refractivity contribution < 1.29 is 114 Å². The molecule has 0 radical (unpaired) electrons. The molecule has 454 valence electrons. The van der Waals surface area contributed by atoms with Gasteiger partial charge < -0.3 is 99.2 Å². The highest BCUT2D eigenvalue weighted by Gasteiger charge is 2.76. The standard InChI is InChI=1S/C57H88O23/c1-12-24(3)47(71)79-44-45(80-48(72)25(4)13-2)57(23-60)27(20-52(44,5)6)26-14-15-31-54(9)18-17-32(53(7,8)30(54)16-19-55(31,10)56(26,11)42(67)43(57)68)75-51-41(78-50-37(65)35(63)33(61)28(21-58)73-50)39(38(66)40(77-51)46(69)70)76-49-36(64)34(62)29(22-59)74-49/h12-14,27-45,49-51,58-68H,15-23H2,1-11H3,(H,69,70)/b24-12-,25-13-/t27?,28?,29-,30?,31?,32+,33+,34+,35+,36?,37?,38-,39+,40?,41?,42+,43-,44+,45+,49+,50+,51-,54+,55-,56-,57+/m1/s1. The molecule has 8 aliphatic rings. The summed E-state index contributed by atoms with van der Waals surface area (Å²) in [5, 5.41) is 134. The molecule has 23 heteroatoms. The number of hydrogen-bond acceptors (Lipinski definition) is 22. The number of carboxylic acid groups (broad SMARTS) is 1. The van der Waals surface area contributed by atoms with Gasteiger partial charge in [0, 0.05) is 22.0 Å². The third-order valence-electron chi connectivity index (χ3n) is 21.4. The molecule has 7 fully saturated rings. The fourth-order valence-electron chi connectivity index (χ4n) is 16.2. The van der Waals surface area contributed by atoms with Gasteiger partial charge in [-0.3, -0.25) is 0 Å². The first-order valence-corrected chi connectivity index (χ1v) is 28.1. The molecule has 3 heterocycles. The Morgan fingerprint density at radius 3 is 1.71 bits per heavy atom. The summed E-state index contributed by atoms with van der Waals surface area (Å²) in [6.07, 6.45) is -24.0. The van der Waals surface area contributed by atoms with Crippen molar-refractivity contribution in [2.75, 3.05) is 19.8 Å². The summed E-state index contributed by atoms with van der Waals surface area (Å²) in [5.74, 6) is -4.01. The molecule has 26 atom stereocenters. The van der Waals surface area contributed by atoms with Crippen LogP contribution in [0.25, 0.3) is 0 Å². The van der Waals surface area contributed by atoms with Gasteiger partial charge in [-0.25, -0.2) is 14.4 Å². The number of aliphatic carboxylic acids is 1. The van der Waals surface area contributed by atoms with Gasteiger partial charge in [0.05, 0.1) is 43.5 Å². The van der Waals surface area contributed by atoms with Crippen LogP contribution >= 0.6 is 0 Å². The number of hydrogen-bond donors (Lipinski definition) is 12. The summed E-state index contributed by atoms with van der Waals surface area (Å²) in [6, 6.07) is 0. The monoisotopic (exact) mass is 1140 g/mol. The fraction of sp³-hybridized carbons (Fsp3) is 0.842. The second kappa shape index (κ2) is 22.7. The van der Waals surface area contributed by atoms with Crippen molar-refractivity contribution >= 4 is 17.9 Å². The lowest BCUT2D eigenvalue weighted by molar-refractivity contribution is -0.386. The molecule has 8 unspecified atom stereocenters. The first kappa shape index (κ1) is 63.0. The van der Waals surface area contributed by atoms with Crippen LogP contribution in [0, 0.1) is 50.2 Å². The Balaban J connectivity index is 1.14. The average Bonchev–Trinajstić information content (AvgIpc) is 3.72. The van der Waals surface area contributed by atoms with E-state index in [1.807, 2.05) is 34.6 Å². The molecule has 23 nitrogen and oxygen atoms in total. The highest BCUT2D eigenvalue weighted by atomic mass is 16.8. The number of ether oxygens (including phenoxy) is 8. The Labute approximate surface area is 466 Å². The Morgan fingerprint density at radius 2 is 1.18 bits per heavy atom. The van der Waals surface area contributed by atoms with Crippen LogP contribution in [0.3, 0.4) is 0 Å². The van der Waals surface area contributed by atoms with Gasteiger partial charge in [-0.15, -0.1) is 0 Å². The van der Waals surface area contributed by atoms with E-state index >= 15 is 0 Å².